The molecule has 0 radical (unpaired) electrons. The summed E-state index contributed by atoms with van der Waals surface area (Å²) in [7, 11) is 0. The van der Waals surface area contributed by atoms with Gasteiger partial charge in [-0.25, -0.2) is 9.78 Å². The number of primary amides is 1. The molecule has 2 aromatic rings. The molecule has 8 heteroatoms. The summed E-state index contributed by atoms with van der Waals surface area (Å²) in [5.74, 6) is -0.839. The molecule has 3 heterocycles. The van der Waals surface area contributed by atoms with Crippen molar-refractivity contribution in [2.45, 2.75) is 57.7 Å². The van der Waals surface area contributed by atoms with Crippen molar-refractivity contribution >= 4 is 23.6 Å². The molecule has 2 aliphatic rings. The molecule has 31 heavy (non-hydrogen) atoms. The van der Waals surface area contributed by atoms with Gasteiger partial charge in [-0.2, -0.15) is 0 Å². The van der Waals surface area contributed by atoms with Crippen molar-refractivity contribution < 1.29 is 19.5 Å². The number of hydrogen-bond donors (Lipinski definition) is 3. The van der Waals surface area contributed by atoms with E-state index >= 15 is 0 Å². The van der Waals surface area contributed by atoms with E-state index in [4.69, 9.17) is 10.8 Å². The van der Waals surface area contributed by atoms with Crippen LogP contribution >= 0.6 is 0 Å². The van der Waals surface area contributed by atoms with Crippen LogP contribution in [0.2, 0.25) is 0 Å². The van der Waals surface area contributed by atoms with Crippen molar-refractivity contribution in [1.29, 1.82) is 0 Å². The van der Waals surface area contributed by atoms with Gasteiger partial charge >= 0.3 is 5.97 Å². The van der Waals surface area contributed by atoms with Gasteiger partial charge in [0.05, 0.1) is 5.56 Å². The molecule has 2 saturated heterocycles. The maximum absolute atomic E-state index is 12.9. The molecular formula is C23H26N4O4. The smallest absolute Gasteiger partial charge is 0.337 e. The molecule has 1 aromatic heterocycles. The molecule has 0 saturated carbocycles. The quantitative estimate of drug-likeness (QED) is 0.679. The van der Waals surface area contributed by atoms with E-state index in [0.29, 0.717) is 16.7 Å². The molecule has 2 aliphatic heterocycles. The fraction of sp³-hybridized carbons (Fsp3) is 0.391. The monoisotopic (exact) mass is 422 g/mol. The first-order chi connectivity index (χ1) is 14.7. The summed E-state index contributed by atoms with van der Waals surface area (Å²) in [4.78, 5) is 42.2. The number of nitrogens with one attached hydrogen (secondary N) is 1. The van der Waals surface area contributed by atoms with Crippen molar-refractivity contribution in [3.63, 3.8) is 0 Å². The Bertz CT molecular complexity index is 1040. The SMILES string of the molecule is Cc1cc(C(=O)NC2CC3CCC(C2)N3c2ccc(C(=O)O)cn2)c(C)cc1C(N)=O. The number of nitrogens with zero attached hydrogens (tertiary/aromatic N) is 2. The van der Waals surface area contributed by atoms with E-state index in [9.17, 15) is 14.4 Å². The number of fused-ring (bicyclic) bond motifs is 2. The molecule has 2 unspecified atom stereocenters. The van der Waals surface area contributed by atoms with Gasteiger partial charge in [0, 0.05) is 35.4 Å². The van der Waals surface area contributed by atoms with Crippen molar-refractivity contribution in [3.05, 3.63) is 58.3 Å². The van der Waals surface area contributed by atoms with Gasteiger partial charge in [0.1, 0.15) is 5.82 Å². The third-order valence-electron chi connectivity index (χ3n) is 6.41. The molecule has 8 nitrogen and oxygen atoms in total. The van der Waals surface area contributed by atoms with Crippen LogP contribution in [0.3, 0.4) is 0 Å². The number of piperidine rings is 1. The minimum absolute atomic E-state index is 0.0510. The Kier molecular flexibility index (Phi) is 5.39. The van der Waals surface area contributed by atoms with Crippen molar-refractivity contribution in [2.75, 3.05) is 4.90 Å². The van der Waals surface area contributed by atoms with Gasteiger partial charge in [-0.1, -0.05) is 0 Å². The lowest BCUT2D eigenvalue weighted by atomic mass is 9.95. The van der Waals surface area contributed by atoms with E-state index in [1.165, 1.54) is 6.20 Å². The molecule has 2 amide bonds. The Hall–Kier alpha value is -3.42. The van der Waals surface area contributed by atoms with Crippen LogP contribution in [0.4, 0.5) is 5.82 Å². The second kappa shape index (κ2) is 8.02. The highest BCUT2D eigenvalue weighted by molar-refractivity contribution is 5.99. The number of carboxylic acids is 1. The number of pyridine rings is 1. The second-order valence-corrected chi connectivity index (χ2v) is 8.49. The Morgan fingerprint density at radius 1 is 1.06 bits per heavy atom. The lowest BCUT2D eigenvalue weighted by Crippen LogP contribution is -2.50. The van der Waals surface area contributed by atoms with Crippen molar-refractivity contribution in [2.24, 2.45) is 5.73 Å². The Morgan fingerprint density at radius 2 is 1.68 bits per heavy atom. The summed E-state index contributed by atoms with van der Waals surface area (Å²) in [5, 5.41) is 12.2. The maximum atomic E-state index is 12.9. The van der Waals surface area contributed by atoms with Crippen LogP contribution in [0, 0.1) is 13.8 Å². The lowest BCUT2D eigenvalue weighted by molar-refractivity contribution is 0.0696. The first-order valence-electron chi connectivity index (χ1n) is 10.4. The van der Waals surface area contributed by atoms with Crippen LogP contribution in [-0.4, -0.2) is 46.0 Å². The number of aromatic carboxylic acids is 1. The number of amides is 2. The minimum Gasteiger partial charge on any atom is -0.478 e. The highest BCUT2D eigenvalue weighted by Crippen LogP contribution is 2.38. The predicted octanol–water partition coefficient (Wildman–Crippen LogP) is 2.43. The number of anilines is 1. The van der Waals surface area contributed by atoms with E-state index in [0.717, 1.165) is 37.1 Å². The van der Waals surface area contributed by atoms with E-state index in [1.54, 1.807) is 38.1 Å². The maximum Gasteiger partial charge on any atom is 0.337 e. The van der Waals surface area contributed by atoms with Gasteiger partial charge in [0.2, 0.25) is 5.91 Å². The Morgan fingerprint density at radius 3 is 2.23 bits per heavy atom. The van der Waals surface area contributed by atoms with Crippen LogP contribution < -0.4 is 16.0 Å². The zero-order valence-corrected chi connectivity index (χ0v) is 17.6. The average molecular weight is 422 g/mol. The highest BCUT2D eigenvalue weighted by atomic mass is 16.4. The number of aryl methyl sites for hydroxylation is 2. The van der Waals surface area contributed by atoms with E-state index < -0.39 is 11.9 Å². The number of nitrogens with two attached hydrogens (primary N) is 1. The molecule has 4 rings (SSSR count). The van der Waals surface area contributed by atoms with Crippen molar-refractivity contribution in [1.82, 2.24) is 10.3 Å². The number of carbonyl (C=O) groups excluding carboxylic acids is 2. The third kappa shape index (κ3) is 3.97. The van der Waals surface area contributed by atoms with Crippen LogP contribution in [0.25, 0.3) is 0 Å². The van der Waals surface area contributed by atoms with Gasteiger partial charge in [-0.15, -0.1) is 0 Å². The summed E-state index contributed by atoms with van der Waals surface area (Å²) < 4.78 is 0. The Balaban J connectivity index is 1.46. The molecule has 2 bridgehead atoms. The normalized spacial score (nSPS) is 22.3. The lowest BCUT2D eigenvalue weighted by Gasteiger charge is -2.40. The van der Waals surface area contributed by atoms with E-state index in [-0.39, 0.29) is 29.6 Å². The molecular weight excluding hydrogens is 396 g/mol. The van der Waals surface area contributed by atoms with Crippen LogP contribution in [-0.2, 0) is 0 Å². The molecule has 2 fully saturated rings. The molecule has 1 aromatic carbocycles. The standard InChI is InChI=1S/C23H26N4O4/c1-12-8-19(13(2)7-18(12)21(24)28)22(29)26-15-9-16-4-5-17(10-15)27(16)20-6-3-14(11-25-20)23(30)31/h3,6-8,11,15-17H,4-5,9-10H2,1-2H3,(H2,24,28)(H,26,29)(H,30,31). The van der Waals surface area contributed by atoms with Gasteiger partial charge in [0.15, 0.2) is 0 Å². The van der Waals surface area contributed by atoms with E-state index in [2.05, 4.69) is 15.2 Å². The third-order valence-corrected chi connectivity index (χ3v) is 6.41. The van der Waals surface area contributed by atoms with Crippen LogP contribution in [0.15, 0.2) is 30.5 Å². The van der Waals surface area contributed by atoms with Gasteiger partial charge in [0.25, 0.3) is 5.91 Å². The van der Waals surface area contributed by atoms with Gasteiger partial charge in [-0.05, 0) is 74.9 Å². The molecule has 162 valence electrons. The first-order valence-corrected chi connectivity index (χ1v) is 10.4. The zero-order valence-electron chi connectivity index (χ0n) is 17.6. The number of rotatable bonds is 5. The zero-order chi connectivity index (χ0) is 22.3. The average Bonchev–Trinajstić information content (AvgIpc) is 2.99. The fourth-order valence-corrected chi connectivity index (χ4v) is 4.92. The van der Waals surface area contributed by atoms with Crippen molar-refractivity contribution in [3.8, 4) is 0 Å². The fourth-order valence-electron chi connectivity index (χ4n) is 4.92. The number of aromatic nitrogens is 1. The van der Waals surface area contributed by atoms with Crippen LogP contribution in [0.1, 0.15) is 67.9 Å². The minimum atomic E-state index is -0.988. The summed E-state index contributed by atoms with van der Waals surface area (Å²) in [6.07, 6.45) is 5.05. The summed E-state index contributed by atoms with van der Waals surface area (Å²) in [5.41, 5.74) is 7.98. The highest BCUT2D eigenvalue weighted by Gasteiger charge is 2.41. The van der Waals surface area contributed by atoms with Crippen LogP contribution in [0.5, 0.6) is 0 Å². The number of carboxylic acid groups (broad SMARTS) is 1. The summed E-state index contributed by atoms with van der Waals surface area (Å²) in [6.45, 7) is 3.58. The summed E-state index contributed by atoms with van der Waals surface area (Å²) in [6, 6.07) is 7.31. The van der Waals surface area contributed by atoms with Gasteiger partial charge in [-0.3, -0.25) is 9.59 Å². The predicted molar refractivity (Wildman–Crippen MR) is 115 cm³/mol. The number of hydrogen-bond acceptors (Lipinski definition) is 5. The molecule has 2 atom stereocenters. The topological polar surface area (TPSA) is 126 Å². The largest absolute Gasteiger partial charge is 0.478 e. The van der Waals surface area contributed by atoms with E-state index in [1.807, 2.05) is 0 Å². The number of carbonyl (C=O) groups is 3. The molecule has 4 N–H and O–H groups in total. The molecule has 0 aliphatic carbocycles. The first kappa shape index (κ1) is 20.8. The molecule has 0 spiro atoms. The number of benzene rings is 1. The Labute approximate surface area is 180 Å². The van der Waals surface area contributed by atoms with Gasteiger partial charge < -0.3 is 21.1 Å². The summed E-state index contributed by atoms with van der Waals surface area (Å²) >= 11 is 0. The second-order valence-electron chi connectivity index (χ2n) is 8.49.